The van der Waals surface area contributed by atoms with Gasteiger partial charge in [0.05, 0.1) is 5.69 Å². The van der Waals surface area contributed by atoms with Crippen LogP contribution in [0.15, 0.2) is 48.5 Å². The number of rotatable bonds is 1. The number of nitrogens with zero attached hydrogens (tertiary/aromatic N) is 1. The fourth-order valence-corrected chi connectivity index (χ4v) is 2.66. The van der Waals surface area contributed by atoms with Crippen molar-refractivity contribution in [2.24, 2.45) is 0 Å². The van der Waals surface area contributed by atoms with Crippen LogP contribution in [0.25, 0.3) is 0 Å². The molecule has 0 radical (unpaired) electrons. The molecule has 0 fully saturated rings. The Morgan fingerprint density at radius 1 is 1.11 bits per heavy atom. The van der Waals surface area contributed by atoms with Gasteiger partial charge in [-0.15, -0.1) is 0 Å². The van der Waals surface area contributed by atoms with Crippen LogP contribution in [-0.4, -0.2) is 18.1 Å². The SMILES string of the molecule is Cc1ccc2c(c1)[C@@](O)(c1ccccc1)C(=O)N2C. The zero-order chi connectivity index (χ0) is 13.6. The molecule has 1 heterocycles. The second-order valence-corrected chi connectivity index (χ2v) is 4.96. The van der Waals surface area contributed by atoms with Crippen molar-refractivity contribution >= 4 is 11.6 Å². The van der Waals surface area contributed by atoms with E-state index in [4.69, 9.17) is 0 Å². The number of anilines is 1. The monoisotopic (exact) mass is 253 g/mol. The molecule has 0 unspecified atom stereocenters. The number of amides is 1. The minimum atomic E-state index is -1.57. The lowest BCUT2D eigenvalue weighted by Crippen LogP contribution is -2.39. The van der Waals surface area contributed by atoms with E-state index in [1.54, 1.807) is 19.2 Å². The number of likely N-dealkylation sites (N-methyl/N-ethyl adjacent to an activating group) is 1. The van der Waals surface area contributed by atoms with Crippen LogP contribution >= 0.6 is 0 Å². The van der Waals surface area contributed by atoms with Gasteiger partial charge >= 0.3 is 0 Å². The van der Waals surface area contributed by atoms with Crippen molar-refractivity contribution in [3.63, 3.8) is 0 Å². The Bertz CT molecular complexity index is 651. The second-order valence-electron chi connectivity index (χ2n) is 4.96. The van der Waals surface area contributed by atoms with Gasteiger partial charge in [0, 0.05) is 12.6 Å². The van der Waals surface area contributed by atoms with Crippen molar-refractivity contribution in [3.8, 4) is 0 Å². The topological polar surface area (TPSA) is 40.5 Å². The minimum absolute atomic E-state index is 0.306. The van der Waals surface area contributed by atoms with Gasteiger partial charge in [-0.1, -0.05) is 48.0 Å². The fraction of sp³-hybridized carbons (Fsp3) is 0.188. The maximum atomic E-state index is 12.5. The number of carbonyl (C=O) groups excluding carboxylic acids is 1. The zero-order valence-electron chi connectivity index (χ0n) is 10.9. The highest BCUT2D eigenvalue weighted by molar-refractivity contribution is 6.08. The molecule has 0 bridgehead atoms. The third-order valence-corrected chi connectivity index (χ3v) is 3.71. The largest absolute Gasteiger partial charge is 0.372 e. The average molecular weight is 253 g/mol. The van der Waals surface area contributed by atoms with Crippen molar-refractivity contribution in [2.45, 2.75) is 12.5 Å². The van der Waals surface area contributed by atoms with E-state index in [0.717, 1.165) is 11.3 Å². The first-order chi connectivity index (χ1) is 9.05. The van der Waals surface area contributed by atoms with E-state index in [9.17, 15) is 9.90 Å². The van der Waals surface area contributed by atoms with Gasteiger partial charge < -0.3 is 10.0 Å². The molecule has 0 saturated heterocycles. The Morgan fingerprint density at radius 3 is 2.47 bits per heavy atom. The number of aliphatic hydroxyl groups is 1. The molecule has 19 heavy (non-hydrogen) atoms. The Labute approximate surface area is 112 Å². The Kier molecular flexibility index (Phi) is 2.47. The summed E-state index contributed by atoms with van der Waals surface area (Å²) in [7, 11) is 1.69. The molecular formula is C16H15NO2. The maximum absolute atomic E-state index is 12.5. The quantitative estimate of drug-likeness (QED) is 0.846. The maximum Gasteiger partial charge on any atom is 0.268 e. The highest BCUT2D eigenvalue weighted by Crippen LogP contribution is 2.43. The van der Waals surface area contributed by atoms with Crippen molar-refractivity contribution in [1.82, 2.24) is 0 Å². The molecule has 0 saturated carbocycles. The molecule has 0 aliphatic carbocycles. The highest BCUT2D eigenvalue weighted by Gasteiger charge is 2.49. The van der Waals surface area contributed by atoms with Gasteiger partial charge in [0.15, 0.2) is 5.60 Å². The summed E-state index contributed by atoms with van der Waals surface area (Å²) in [5.41, 5.74) is 1.48. The van der Waals surface area contributed by atoms with Crippen molar-refractivity contribution < 1.29 is 9.90 Å². The third-order valence-electron chi connectivity index (χ3n) is 3.71. The number of fused-ring (bicyclic) bond motifs is 1. The average Bonchev–Trinajstić information content (AvgIpc) is 2.63. The normalized spacial score (nSPS) is 21.6. The van der Waals surface area contributed by atoms with Crippen molar-refractivity contribution in [1.29, 1.82) is 0 Å². The predicted molar refractivity (Wildman–Crippen MR) is 74.0 cm³/mol. The zero-order valence-corrected chi connectivity index (χ0v) is 10.9. The van der Waals surface area contributed by atoms with Gasteiger partial charge in [-0.3, -0.25) is 4.79 Å². The van der Waals surface area contributed by atoms with E-state index < -0.39 is 5.60 Å². The molecule has 1 N–H and O–H groups in total. The molecule has 3 rings (SSSR count). The summed E-state index contributed by atoms with van der Waals surface area (Å²) in [6, 6.07) is 14.8. The Hall–Kier alpha value is -2.13. The summed E-state index contributed by atoms with van der Waals surface area (Å²) in [4.78, 5) is 14.0. The summed E-state index contributed by atoms with van der Waals surface area (Å²) < 4.78 is 0. The third kappa shape index (κ3) is 1.52. The minimum Gasteiger partial charge on any atom is -0.372 e. The summed E-state index contributed by atoms with van der Waals surface area (Å²) >= 11 is 0. The standard InChI is InChI=1S/C16H15NO2/c1-11-8-9-14-13(10-11)16(19,15(18)17(14)2)12-6-4-3-5-7-12/h3-10,19H,1-2H3/t16-/m0/s1. The van der Waals surface area contributed by atoms with Gasteiger partial charge in [0.1, 0.15) is 0 Å². The van der Waals surface area contributed by atoms with E-state index in [-0.39, 0.29) is 5.91 Å². The molecule has 3 nitrogen and oxygen atoms in total. The summed E-state index contributed by atoms with van der Waals surface area (Å²) in [5.74, 6) is -0.306. The first-order valence-electron chi connectivity index (χ1n) is 6.22. The lowest BCUT2D eigenvalue weighted by Gasteiger charge is -2.22. The van der Waals surface area contributed by atoms with E-state index in [1.807, 2.05) is 43.3 Å². The van der Waals surface area contributed by atoms with Crippen LogP contribution in [0.2, 0.25) is 0 Å². The number of hydrogen-bond donors (Lipinski definition) is 1. The predicted octanol–water partition coefficient (Wildman–Crippen LogP) is 2.21. The molecule has 1 aliphatic heterocycles. The lowest BCUT2D eigenvalue weighted by atomic mass is 9.87. The van der Waals surface area contributed by atoms with Crippen LogP contribution in [0.5, 0.6) is 0 Å². The van der Waals surface area contributed by atoms with E-state index in [1.165, 1.54) is 4.90 Å². The molecule has 2 aromatic rings. The highest BCUT2D eigenvalue weighted by atomic mass is 16.3. The van der Waals surface area contributed by atoms with E-state index in [0.29, 0.717) is 11.1 Å². The summed E-state index contributed by atoms with van der Waals surface area (Å²) in [6.45, 7) is 1.95. The molecular weight excluding hydrogens is 238 g/mol. The van der Waals surface area contributed by atoms with Gasteiger partial charge in [0.2, 0.25) is 0 Å². The van der Waals surface area contributed by atoms with Crippen LogP contribution in [-0.2, 0) is 10.4 Å². The van der Waals surface area contributed by atoms with Crippen LogP contribution < -0.4 is 4.90 Å². The number of hydrogen-bond acceptors (Lipinski definition) is 2. The van der Waals surface area contributed by atoms with Crippen LogP contribution in [0.4, 0.5) is 5.69 Å². The fourth-order valence-electron chi connectivity index (χ4n) is 2.66. The van der Waals surface area contributed by atoms with E-state index in [2.05, 4.69) is 0 Å². The van der Waals surface area contributed by atoms with Gasteiger partial charge in [0.25, 0.3) is 5.91 Å². The lowest BCUT2D eigenvalue weighted by molar-refractivity contribution is -0.131. The molecule has 0 aromatic heterocycles. The number of benzene rings is 2. The van der Waals surface area contributed by atoms with Gasteiger partial charge in [-0.05, 0) is 18.6 Å². The van der Waals surface area contributed by atoms with Crippen molar-refractivity contribution in [3.05, 3.63) is 65.2 Å². The second kappa shape index (κ2) is 3.93. The smallest absolute Gasteiger partial charge is 0.268 e. The number of aryl methyl sites for hydroxylation is 1. The Morgan fingerprint density at radius 2 is 1.79 bits per heavy atom. The van der Waals surface area contributed by atoms with Crippen LogP contribution in [0.1, 0.15) is 16.7 Å². The molecule has 1 aliphatic rings. The molecule has 96 valence electrons. The summed E-state index contributed by atoms with van der Waals surface area (Å²) in [5, 5.41) is 11.0. The van der Waals surface area contributed by atoms with Crippen LogP contribution in [0.3, 0.4) is 0 Å². The molecule has 3 heteroatoms. The summed E-state index contributed by atoms with van der Waals surface area (Å²) in [6.07, 6.45) is 0. The van der Waals surface area contributed by atoms with Crippen LogP contribution in [0, 0.1) is 6.92 Å². The van der Waals surface area contributed by atoms with Gasteiger partial charge in [-0.2, -0.15) is 0 Å². The first kappa shape index (κ1) is 11.9. The van der Waals surface area contributed by atoms with Crippen molar-refractivity contribution in [2.75, 3.05) is 11.9 Å². The molecule has 2 aromatic carbocycles. The molecule has 1 atom stereocenters. The molecule has 1 amide bonds. The Balaban J connectivity index is 2.29. The van der Waals surface area contributed by atoms with Gasteiger partial charge in [-0.25, -0.2) is 0 Å². The number of carbonyl (C=O) groups is 1. The molecule has 0 spiro atoms. The first-order valence-corrected chi connectivity index (χ1v) is 6.22. The van der Waals surface area contributed by atoms with E-state index >= 15 is 0 Å².